The second-order valence-corrected chi connectivity index (χ2v) is 3.58. The van der Waals surface area contributed by atoms with Crippen LogP contribution < -0.4 is 0 Å². The molecule has 1 nitrogen and oxygen atoms in total. The van der Waals surface area contributed by atoms with Gasteiger partial charge in [0.05, 0.1) is 6.10 Å². The molecule has 1 heteroatoms. The van der Waals surface area contributed by atoms with E-state index in [1.807, 2.05) is 6.92 Å². The maximum Gasteiger partial charge on any atom is 0.0515 e. The molecule has 0 aromatic heterocycles. The van der Waals surface area contributed by atoms with Crippen molar-refractivity contribution in [2.75, 3.05) is 0 Å². The van der Waals surface area contributed by atoms with E-state index < -0.39 is 0 Å². The zero-order chi connectivity index (χ0) is 9.40. The Hall–Kier alpha value is -0.300. The summed E-state index contributed by atoms with van der Waals surface area (Å²) >= 11 is 0. The molecule has 0 saturated heterocycles. The molecule has 1 unspecified atom stereocenters. The molecule has 0 heterocycles. The molecule has 0 spiro atoms. The number of unbranched alkanes of at least 4 members (excludes halogenated alkanes) is 2. The average Bonchev–Trinajstić information content (AvgIpc) is 2.01. The zero-order valence-corrected chi connectivity index (χ0v) is 8.64. The van der Waals surface area contributed by atoms with Gasteiger partial charge in [0.2, 0.25) is 0 Å². The highest BCUT2D eigenvalue weighted by Gasteiger charge is 1.95. The molecule has 1 N–H and O–H groups in total. The van der Waals surface area contributed by atoms with Crippen LogP contribution in [0.25, 0.3) is 0 Å². The Balaban J connectivity index is 3.42. The molecule has 0 bridgehead atoms. The average molecular weight is 170 g/mol. The van der Waals surface area contributed by atoms with Crippen molar-refractivity contribution in [2.45, 2.75) is 59.0 Å². The van der Waals surface area contributed by atoms with Gasteiger partial charge in [0.15, 0.2) is 0 Å². The predicted molar refractivity (Wildman–Crippen MR) is 54.2 cm³/mol. The first-order chi connectivity index (χ1) is 5.66. The van der Waals surface area contributed by atoms with Crippen LogP contribution in [0, 0.1) is 0 Å². The van der Waals surface area contributed by atoms with Gasteiger partial charge in [-0.15, -0.1) is 0 Å². The lowest BCUT2D eigenvalue weighted by Crippen LogP contribution is -1.98. The van der Waals surface area contributed by atoms with E-state index in [-0.39, 0.29) is 6.10 Å². The van der Waals surface area contributed by atoms with E-state index in [4.69, 9.17) is 5.11 Å². The highest BCUT2D eigenvalue weighted by molar-refractivity contribution is 4.97. The van der Waals surface area contributed by atoms with Crippen molar-refractivity contribution in [1.29, 1.82) is 0 Å². The van der Waals surface area contributed by atoms with Crippen LogP contribution in [0.15, 0.2) is 11.6 Å². The molecule has 0 aliphatic heterocycles. The van der Waals surface area contributed by atoms with E-state index >= 15 is 0 Å². The standard InChI is InChI=1S/C11H22O/c1-4-5-6-7-10(2)8-9-11(3)12/h7,11-12H,4-6,8-9H2,1-3H3. The highest BCUT2D eigenvalue weighted by Crippen LogP contribution is 2.08. The fourth-order valence-corrected chi connectivity index (χ4v) is 1.09. The predicted octanol–water partition coefficient (Wildman–Crippen LogP) is 3.28. The van der Waals surface area contributed by atoms with E-state index in [1.165, 1.54) is 24.8 Å². The Morgan fingerprint density at radius 1 is 1.50 bits per heavy atom. The van der Waals surface area contributed by atoms with Gasteiger partial charge in [-0.3, -0.25) is 0 Å². The van der Waals surface area contributed by atoms with Crippen molar-refractivity contribution >= 4 is 0 Å². The molecule has 1 atom stereocenters. The third-order valence-electron chi connectivity index (χ3n) is 2.01. The first kappa shape index (κ1) is 11.7. The van der Waals surface area contributed by atoms with Crippen LogP contribution in [0.3, 0.4) is 0 Å². The smallest absolute Gasteiger partial charge is 0.0515 e. The molecular formula is C11H22O. The monoisotopic (exact) mass is 170 g/mol. The number of hydrogen-bond acceptors (Lipinski definition) is 1. The second-order valence-electron chi connectivity index (χ2n) is 3.58. The van der Waals surface area contributed by atoms with E-state index in [0.29, 0.717) is 0 Å². The fourth-order valence-electron chi connectivity index (χ4n) is 1.09. The lowest BCUT2D eigenvalue weighted by Gasteiger charge is -2.03. The molecule has 0 aromatic carbocycles. The van der Waals surface area contributed by atoms with Gasteiger partial charge < -0.3 is 5.11 Å². The SMILES string of the molecule is CCCCC=C(C)CCC(C)O. The third kappa shape index (κ3) is 7.80. The lowest BCUT2D eigenvalue weighted by molar-refractivity contribution is 0.185. The number of allylic oxidation sites excluding steroid dienone is 2. The van der Waals surface area contributed by atoms with Crippen LogP contribution in [-0.4, -0.2) is 11.2 Å². The normalized spacial score (nSPS) is 14.8. The lowest BCUT2D eigenvalue weighted by atomic mass is 10.1. The van der Waals surface area contributed by atoms with E-state index in [9.17, 15) is 0 Å². The molecule has 72 valence electrons. The van der Waals surface area contributed by atoms with Gasteiger partial charge in [-0.05, 0) is 33.1 Å². The summed E-state index contributed by atoms with van der Waals surface area (Å²) in [5, 5.41) is 9.05. The molecule has 0 radical (unpaired) electrons. The number of aliphatic hydroxyl groups excluding tert-OH is 1. The first-order valence-electron chi connectivity index (χ1n) is 5.00. The maximum absolute atomic E-state index is 9.05. The largest absolute Gasteiger partial charge is 0.393 e. The minimum Gasteiger partial charge on any atom is -0.393 e. The Kier molecular flexibility index (Phi) is 7.17. The molecule has 0 rings (SSSR count). The molecule has 0 saturated carbocycles. The van der Waals surface area contributed by atoms with Gasteiger partial charge >= 0.3 is 0 Å². The molecule has 0 aliphatic carbocycles. The van der Waals surface area contributed by atoms with Crippen LogP contribution >= 0.6 is 0 Å². The Morgan fingerprint density at radius 2 is 2.17 bits per heavy atom. The summed E-state index contributed by atoms with van der Waals surface area (Å²) in [6.07, 6.45) is 7.83. The summed E-state index contributed by atoms with van der Waals surface area (Å²) in [5.74, 6) is 0. The van der Waals surface area contributed by atoms with Crippen molar-refractivity contribution < 1.29 is 5.11 Å². The molecule has 0 aliphatic rings. The van der Waals surface area contributed by atoms with Crippen molar-refractivity contribution in [2.24, 2.45) is 0 Å². The van der Waals surface area contributed by atoms with Crippen LogP contribution in [0.5, 0.6) is 0 Å². The van der Waals surface area contributed by atoms with Gasteiger partial charge in [-0.2, -0.15) is 0 Å². The summed E-state index contributed by atoms with van der Waals surface area (Å²) in [7, 11) is 0. The van der Waals surface area contributed by atoms with Crippen molar-refractivity contribution in [3.8, 4) is 0 Å². The van der Waals surface area contributed by atoms with Crippen LogP contribution in [0.1, 0.15) is 52.9 Å². The summed E-state index contributed by atoms with van der Waals surface area (Å²) in [5.41, 5.74) is 1.42. The van der Waals surface area contributed by atoms with E-state index in [0.717, 1.165) is 12.8 Å². The molecular weight excluding hydrogens is 148 g/mol. The minimum absolute atomic E-state index is 0.153. The highest BCUT2D eigenvalue weighted by atomic mass is 16.3. The first-order valence-corrected chi connectivity index (χ1v) is 5.00. The number of rotatable bonds is 6. The third-order valence-corrected chi connectivity index (χ3v) is 2.01. The fraction of sp³-hybridized carbons (Fsp3) is 0.818. The maximum atomic E-state index is 9.05. The Labute approximate surface area is 76.5 Å². The molecule has 0 aromatic rings. The van der Waals surface area contributed by atoms with Crippen LogP contribution in [0.4, 0.5) is 0 Å². The van der Waals surface area contributed by atoms with Gasteiger partial charge in [-0.25, -0.2) is 0 Å². The van der Waals surface area contributed by atoms with Gasteiger partial charge in [0.1, 0.15) is 0 Å². The summed E-state index contributed by atoms with van der Waals surface area (Å²) in [6, 6.07) is 0. The summed E-state index contributed by atoms with van der Waals surface area (Å²) < 4.78 is 0. The minimum atomic E-state index is -0.153. The van der Waals surface area contributed by atoms with Gasteiger partial charge in [-0.1, -0.05) is 31.4 Å². The second kappa shape index (κ2) is 7.35. The van der Waals surface area contributed by atoms with Gasteiger partial charge in [0, 0.05) is 0 Å². The topological polar surface area (TPSA) is 20.2 Å². The summed E-state index contributed by atoms with van der Waals surface area (Å²) in [4.78, 5) is 0. The Morgan fingerprint density at radius 3 is 2.67 bits per heavy atom. The Bertz CT molecular complexity index is 125. The molecule has 0 fully saturated rings. The number of hydrogen-bond donors (Lipinski definition) is 1. The van der Waals surface area contributed by atoms with Crippen molar-refractivity contribution in [1.82, 2.24) is 0 Å². The zero-order valence-electron chi connectivity index (χ0n) is 8.64. The van der Waals surface area contributed by atoms with Gasteiger partial charge in [0.25, 0.3) is 0 Å². The van der Waals surface area contributed by atoms with Crippen LogP contribution in [0.2, 0.25) is 0 Å². The van der Waals surface area contributed by atoms with E-state index in [1.54, 1.807) is 0 Å². The van der Waals surface area contributed by atoms with E-state index in [2.05, 4.69) is 19.9 Å². The molecule has 12 heavy (non-hydrogen) atoms. The quantitative estimate of drug-likeness (QED) is 0.479. The van der Waals surface area contributed by atoms with Crippen molar-refractivity contribution in [3.63, 3.8) is 0 Å². The van der Waals surface area contributed by atoms with Crippen LogP contribution in [-0.2, 0) is 0 Å². The van der Waals surface area contributed by atoms with Crippen molar-refractivity contribution in [3.05, 3.63) is 11.6 Å². The summed E-state index contributed by atoms with van der Waals surface area (Å²) in [6.45, 7) is 6.20. The number of aliphatic hydroxyl groups is 1. The molecule has 0 amide bonds.